The van der Waals surface area contributed by atoms with Gasteiger partial charge < -0.3 is 10.4 Å². The molecular weight excluding hydrogens is 246 g/mol. The van der Waals surface area contributed by atoms with E-state index in [1.165, 1.54) is 18.2 Å². The van der Waals surface area contributed by atoms with Crippen molar-refractivity contribution in [3.63, 3.8) is 0 Å². The Bertz CT molecular complexity index is 646. The fourth-order valence-electron chi connectivity index (χ4n) is 1.71. The van der Waals surface area contributed by atoms with Crippen LogP contribution in [-0.2, 0) is 7.05 Å². The number of aromatic nitrogens is 2. The smallest absolute Gasteiger partial charge is 0.335 e. The Labute approximate surface area is 109 Å². The van der Waals surface area contributed by atoms with Crippen molar-refractivity contribution in [3.05, 3.63) is 47.3 Å². The van der Waals surface area contributed by atoms with E-state index in [0.29, 0.717) is 16.9 Å². The molecule has 0 aliphatic rings. The molecule has 1 heterocycles. The molecule has 98 valence electrons. The maximum absolute atomic E-state index is 12.0. The molecule has 19 heavy (non-hydrogen) atoms. The summed E-state index contributed by atoms with van der Waals surface area (Å²) < 4.78 is 1.60. The van der Waals surface area contributed by atoms with E-state index < -0.39 is 5.97 Å². The Morgan fingerprint density at radius 2 is 2.00 bits per heavy atom. The number of hydrogen-bond acceptors (Lipinski definition) is 3. The van der Waals surface area contributed by atoms with Gasteiger partial charge in [0.25, 0.3) is 5.91 Å². The van der Waals surface area contributed by atoms with E-state index in [9.17, 15) is 9.59 Å². The van der Waals surface area contributed by atoms with Crippen molar-refractivity contribution < 1.29 is 14.7 Å². The molecule has 1 aromatic carbocycles. The molecule has 0 saturated heterocycles. The number of nitrogens with one attached hydrogen (secondary N) is 1. The number of rotatable bonds is 3. The molecule has 0 atom stereocenters. The molecule has 1 amide bonds. The molecule has 2 N–H and O–H groups in total. The van der Waals surface area contributed by atoms with Crippen LogP contribution in [-0.4, -0.2) is 26.8 Å². The van der Waals surface area contributed by atoms with Crippen LogP contribution in [0.1, 0.15) is 26.4 Å². The van der Waals surface area contributed by atoms with Crippen LogP contribution < -0.4 is 5.32 Å². The zero-order chi connectivity index (χ0) is 14.0. The average Bonchev–Trinajstić information content (AvgIpc) is 2.68. The quantitative estimate of drug-likeness (QED) is 0.878. The Hall–Kier alpha value is -2.63. The normalized spacial score (nSPS) is 10.2. The lowest BCUT2D eigenvalue weighted by atomic mass is 10.1. The highest BCUT2D eigenvalue weighted by Crippen LogP contribution is 2.14. The Kier molecular flexibility index (Phi) is 3.33. The SMILES string of the molecule is Cc1nn(C)cc1NC(=O)c1cccc(C(=O)O)c1. The Morgan fingerprint density at radius 3 is 2.58 bits per heavy atom. The topological polar surface area (TPSA) is 84.2 Å². The summed E-state index contributed by atoms with van der Waals surface area (Å²) in [5, 5.41) is 15.7. The highest BCUT2D eigenvalue weighted by molar-refractivity contribution is 6.05. The first-order valence-electron chi connectivity index (χ1n) is 5.62. The van der Waals surface area contributed by atoms with Gasteiger partial charge in [-0.2, -0.15) is 5.10 Å². The maximum Gasteiger partial charge on any atom is 0.335 e. The summed E-state index contributed by atoms with van der Waals surface area (Å²) in [5.74, 6) is -1.42. The van der Waals surface area contributed by atoms with E-state index in [0.717, 1.165) is 0 Å². The van der Waals surface area contributed by atoms with Gasteiger partial charge in [-0.3, -0.25) is 9.48 Å². The summed E-state index contributed by atoms with van der Waals surface area (Å²) in [6.07, 6.45) is 1.69. The molecule has 0 aliphatic carbocycles. The van der Waals surface area contributed by atoms with Gasteiger partial charge in [-0.05, 0) is 25.1 Å². The Morgan fingerprint density at radius 1 is 1.32 bits per heavy atom. The summed E-state index contributed by atoms with van der Waals surface area (Å²) >= 11 is 0. The molecule has 1 aromatic heterocycles. The monoisotopic (exact) mass is 259 g/mol. The second-order valence-electron chi connectivity index (χ2n) is 4.14. The van der Waals surface area contributed by atoms with E-state index in [1.54, 1.807) is 30.9 Å². The number of carboxylic acid groups (broad SMARTS) is 1. The molecular formula is C13H13N3O3. The molecule has 0 spiro atoms. The molecule has 2 aromatic rings. The summed E-state index contributed by atoms with van der Waals surface area (Å²) in [5.41, 5.74) is 1.68. The third-order valence-corrected chi connectivity index (χ3v) is 2.63. The zero-order valence-corrected chi connectivity index (χ0v) is 10.5. The molecule has 0 unspecified atom stereocenters. The molecule has 6 heteroatoms. The standard InChI is InChI=1S/C13H13N3O3/c1-8-11(7-16(2)15-8)14-12(17)9-4-3-5-10(6-9)13(18)19/h3-7H,1-2H3,(H,14,17)(H,18,19). The summed E-state index contributed by atoms with van der Waals surface area (Å²) in [4.78, 5) is 22.9. The molecule has 0 bridgehead atoms. The second kappa shape index (κ2) is 4.93. The van der Waals surface area contributed by atoms with E-state index in [1.807, 2.05) is 0 Å². The lowest BCUT2D eigenvalue weighted by Crippen LogP contribution is -2.13. The van der Waals surface area contributed by atoms with Crippen LogP contribution >= 0.6 is 0 Å². The second-order valence-corrected chi connectivity index (χ2v) is 4.14. The van der Waals surface area contributed by atoms with E-state index in [-0.39, 0.29) is 11.5 Å². The van der Waals surface area contributed by atoms with Gasteiger partial charge in [0.2, 0.25) is 0 Å². The number of amides is 1. The predicted octanol–water partition coefficient (Wildman–Crippen LogP) is 1.68. The van der Waals surface area contributed by atoms with Crippen molar-refractivity contribution in [2.24, 2.45) is 7.05 Å². The molecule has 2 rings (SSSR count). The number of hydrogen-bond donors (Lipinski definition) is 2. The summed E-state index contributed by atoms with van der Waals surface area (Å²) in [6, 6.07) is 5.87. The van der Waals surface area contributed by atoms with Crippen molar-refractivity contribution in [3.8, 4) is 0 Å². The highest BCUT2D eigenvalue weighted by atomic mass is 16.4. The number of aromatic carboxylic acids is 1. The maximum atomic E-state index is 12.0. The number of carbonyl (C=O) groups excluding carboxylic acids is 1. The minimum Gasteiger partial charge on any atom is -0.478 e. The first kappa shape index (κ1) is 12.8. The number of anilines is 1. The van der Waals surface area contributed by atoms with Gasteiger partial charge in [-0.1, -0.05) is 6.07 Å². The summed E-state index contributed by atoms with van der Waals surface area (Å²) in [7, 11) is 1.76. The van der Waals surface area contributed by atoms with Crippen molar-refractivity contribution in [1.29, 1.82) is 0 Å². The first-order chi connectivity index (χ1) is 8.97. The third-order valence-electron chi connectivity index (χ3n) is 2.63. The zero-order valence-electron chi connectivity index (χ0n) is 10.5. The largest absolute Gasteiger partial charge is 0.478 e. The predicted molar refractivity (Wildman–Crippen MR) is 69.3 cm³/mol. The van der Waals surface area contributed by atoms with Crippen LogP contribution in [0.25, 0.3) is 0 Å². The van der Waals surface area contributed by atoms with E-state index in [2.05, 4.69) is 10.4 Å². The van der Waals surface area contributed by atoms with E-state index in [4.69, 9.17) is 5.11 Å². The van der Waals surface area contributed by atoms with E-state index >= 15 is 0 Å². The van der Waals surface area contributed by atoms with Crippen LogP contribution in [0.5, 0.6) is 0 Å². The van der Waals surface area contributed by atoms with Gasteiger partial charge in [0.1, 0.15) is 0 Å². The lowest BCUT2D eigenvalue weighted by Gasteiger charge is -2.04. The van der Waals surface area contributed by atoms with Gasteiger partial charge in [-0.25, -0.2) is 4.79 Å². The average molecular weight is 259 g/mol. The highest BCUT2D eigenvalue weighted by Gasteiger charge is 2.12. The lowest BCUT2D eigenvalue weighted by molar-refractivity contribution is 0.0697. The number of benzene rings is 1. The fourth-order valence-corrected chi connectivity index (χ4v) is 1.71. The minimum absolute atomic E-state index is 0.0792. The van der Waals surface area contributed by atoms with Crippen molar-refractivity contribution >= 4 is 17.6 Å². The van der Waals surface area contributed by atoms with Gasteiger partial charge in [0.05, 0.1) is 16.9 Å². The first-order valence-corrected chi connectivity index (χ1v) is 5.62. The van der Waals surface area contributed by atoms with Gasteiger partial charge in [-0.15, -0.1) is 0 Å². The van der Waals surface area contributed by atoms with Gasteiger partial charge in [0.15, 0.2) is 0 Å². The molecule has 6 nitrogen and oxygen atoms in total. The number of nitrogens with zero attached hydrogens (tertiary/aromatic N) is 2. The fraction of sp³-hybridized carbons (Fsp3) is 0.154. The van der Waals surface area contributed by atoms with Crippen molar-refractivity contribution in [2.45, 2.75) is 6.92 Å². The Balaban J connectivity index is 2.23. The van der Waals surface area contributed by atoms with Crippen LogP contribution in [0, 0.1) is 6.92 Å². The number of carboxylic acids is 1. The molecule has 0 saturated carbocycles. The van der Waals surface area contributed by atoms with Crippen LogP contribution in [0.15, 0.2) is 30.5 Å². The minimum atomic E-state index is -1.06. The number of carbonyl (C=O) groups is 2. The molecule has 0 radical (unpaired) electrons. The third kappa shape index (κ3) is 2.79. The van der Waals surface area contributed by atoms with Gasteiger partial charge >= 0.3 is 5.97 Å². The summed E-state index contributed by atoms with van der Waals surface area (Å²) in [6.45, 7) is 1.78. The number of aryl methyl sites for hydroxylation is 2. The van der Waals surface area contributed by atoms with Crippen molar-refractivity contribution in [1.82, 2.24) is 9.78 Å². The van der Waals surface area contributed by atoms with Crippen molar-refractivity contribution in [2.75, 3.05) is 5.32 Å². The van der Waals surface area contributed by atoms with Crippen LogP contribution in [0.4, 0.5) is 5.69 Å². The van der Waals surface area contributed by atoms with Gasteiger partial charge in [0, 0.05) is 18.8 Å². The van der Waals surface area contributed by atoms with Crippen LogP contribution in [0.3, 0.4) is 0 Å². The molecule has 0 fully saturated rings. The van der Waals surface area contributed by atoms with Crippen LogP contribution in [0.2, 0.25) is 0 Å². The molecule has 0 aliphatic heterocycles.